The predicted molar refractivity (Wildman–Crippen MR) is 77.3 cm³/mol. The Morgan fingerprint density at radius 1 is 1.42 bits per heavy atom. The van der Waals surface area contributed by atoms with E-state index in [1.165, 1.54) is 19.3 Å². The first-order valence-electron chi connectivity index (χ1n) is 7.74. The van der Waals surface area contributed by atoms with Gasteiger partial charge < -0.3 is 20.1 Å². The van der Waals surface area contributed by atoms with E-state index in [4.69, 9.17) is 4.74 Å². The Hall–Kier alpha value is -0.160. The van der Waals surface area contributed by atoms with Gasteiger partial charge in [0.15, 0.2) is 0 Å². The van der Waals surface area contributed by atoms with E-state index in [1.807, 2.05) is 7.05 Å². The highest BCUT2D eigenvalue weighted by molar-refractivity contribution is 4.98. The SMILES string of the molecule is CNC1(CO)CCCC1CCN(C)C1CCOC1C. The Kier molecular flexibility index (Phi) is 5.23. The smallest absolute Gasteiger partial charge is 0.0702 e. The maximum absolute atomic E-state index is 9.71. The van der Waals surface area contributed by atoms with Gasteiger partial charge in [0, 0.05) is 18.2 Å². The van der Waals surface area contributed by atoms with E-state index in [0.29, 0.717) is 18.1 Å². The Labute approximate surface area is 117 Å². The summed E-state index contributed by atoms with van der Waals surface area (Å²) < 4.78 is 5.65. The molecule has 0 amide bonds. The molecule has 0 bridgehead atoms. The van der Waals surface area contributed by atoms with Gasteiger partial charge in [0.05, 0.1) is 12.7 Å². The van der Waals surface area contributed by atoms with E-state index in [-0.39, 0.29) is 12.1 Å². The summed E-state index contributed by atoms with van der Waals surface area (Å²) in [6.07, 6.45) is 6.27. The number of hydrogen-bond acceptors (Lipinski definition) is 4. The third-order valence-electron chi connectivity index (χ3n) is 5.47. The molecule has 112 valence electrons. The molecule has 4 atom stereocenters. The summed E-state index contributed by atoms with van der Waals surface area (Å²) in [5.74, 6) is 0.600. The van der Waals surface area contributed by atoms with Crippen molar-refractivity contribution in [2.75, 3.05) is 33.9 Å². The van der Waals surface area contributed by atoms with Crippen molar-refractivity contribution in [3.05, 3.63) is 0 Å². The lowest BCUT2D eigenvalue weighted by Gasteiger charge is -2.35. The largest absolute Gasteiger partial charge is 0.394 e. The van der Waals surface area contributed by atoms with E-state index >= 15 is 0 Å². The van der Waals surface area contributed by atoms with Crippen molar-refractivity contribution in [2.45, 2.75) is 56.7 Å². The summed E-state index contributed by atoms with van der Waals surface area (Å²) >= 11 is 0. The summed E-state index contributed by atoms with van der Waals surface area (Å²) in [6, 6.07) is 0.569. The molecule has 2 fully saturated rings. The van der Waals surface area contributed by atoms with Crippen molar-refractivity contribution >= 4 is 0 Å². The van der Waals surface area contributed by atoms with Crippen molar-refractivity contribution in [1.82, 2.24) is 10.2 Å². The van der Waals surface area contributed by atoms with Crippen LogP contribution < -0.4 is 5.32 Å². The first kappa shape index (κ1) is 15.2. The fourth-order valence-electron chi connectivity index (χ4n) is 4.01. The summed E-state index contributed by atoms with van der Waals surface area (Å²) in [5, 5.41) is 13.1. The Morgan fingerprint density at radius 3 is 2.79 bits per heavy atom. The lowest BCUT2D eigenvalue weighted by Crippen LogP contribution is -2.50. The van der Waals surface area contributed by atoms with Gasteiger partial charge in [-0.25, -0.2) is 0 Å². The van der Waals surface area contributed by atoms with Crippen LogP contribution in [0.2, 0.25) is 0 Å². The zero-order chi connectivity index (χ0) is 13.9. The molecule has 0 radical (unpaired) electrons. The van der Waals surface area contributed by atoms with Gasteiger partial charge in [-0.1, -0.05) is 6.42 Å². The van der Waals surface area contributed by atoms with Gasteiger partial charge in [0.2, 0.25) is 0 Å². The molecule has 1 heterocycles. The Morgan fingerprint density at radius 2 is 2.21 bits per heavy atom. The molecule has 1 saturated heterocycles. The second-order valence-electron chi connectivity index (χ2n) is 6.35. The van der Waals surface area contributed by atoms with E-state index in [1.54, 1.807) is 0 Å². The Balaban J connectivity index is 1.84. The van der Waals surface area contributed by atoms with E-state index in [9.17, 15) is 5.11 Å². The third-order valence-corrected chi connectivity index (χ3v) is 5.47. The first-order chi connectivity index (χ1) is 9.13. The van der Waals surface area contributed by atoms with Crippen LogP contribution in [-0.4, -0.2) is 61.5 Å². The molecular weight excluding hydrogens is 240 g/mol. The van der Waals surface area contributed by atoms with Crippen molar-refractivity contribution in [1.29, 1.82) is 0 Å². The van der Waals surface area contributed by atoms with Crippen LogP contribution in [0, 0.1) is 5.92 Å². The van der Waals surface area contributed by atoms with Crippen molar-refractivity contribution in [3.63, 3.8) is 0 Å². The van der Waals surface area contributed by atoms with Crippen LogP contribution in [0.4, 0.5) is 0 Å². The van der Waals surface area contributed by atoms with Crippen LogP contribution in [-0.2, 0) is 4.74 Å². The summed E-state index contributed by atoms with van der Waals surface area (Å²) in [6.45, 7) is 4.44. The van der Waals surface area contributed by atoms with Crippen LogP contribution >= 0.6 is 0 Å². The fraction of sp³-hybridized carbons (Fsp3) is 1.00. The van der Waals surface area contributed by atoms with E-state index in [2.05, 4.69) is 24.2 Å². The number of nitrogens with zero attached hydrogens (tertiary/aromatic N) is 1. The van der Waals surface area contributed by atoms with Crippen molar-refractivity contribution < 1.29 is 9.84 Å². The summed E-state index contributed by atoms with van der Waals surface area (Å²) in [4.78, 5) is 2.45. The maximum Gasteiger partial charge on any atom is 0.0702 e. The molecule has 1 aliphatic heterocycles. The van der Waals surface area contributed by atoms with Gasteiger partial charge in [0.25, 0.3) is 0 Å². The second kappa shape index (κ2) is 6.53. The minimum Gasteiger partial charge on any atom is -0.394 e. The number of aliphatic hydroxyl groups excluding tert-OH is 1. The number of hydrogen-bond donors (Lipinski definition) is 2. The molecule has 4 heteroatoms. The molecule has 2 rings (SSSR count). The minimum atomic E-state index is -0.0291. The molecule has 1 saturated carbocycles. The number of nitrogens with one attached hydrogen (secondary N) is 1. The van der Waals surface area contributed by atoms with Crippen LogP contribution in [0.25, 0.3) is 0 Å². The predicted octanol–water partition coefficient (Wildman–Crippen LogP) is 1.24. The monoisotopic (exact) mass is 270 g/mol. The van der Waals surface area contributed by atoms with Gasteiger partial charge >= 0.3 is 0 Å². The summed E-state index contributed by atoms with van der Waals surface area (Å²) in [7, 11) is 4.20. The highest BCUT2D eigenvalue weighted by Crippen LogP contribution is 2.37. The average Bonchev–Trinajstić information content (AvgIpc) is 3.02. The molecular formula is C15H30N2O2. The zero-order valence-corrected chi connectivity index (χ0v) is 12.7. The van der Waals surface area contributed by atoms with Crippen LogP contribution in [0.1, 0.15) is 39.0 Å². The third kappa shape index (κ3) is 3.13. The molecule has 4 unspecified atom stereocenters. The topological polar surface area (TPSA) is 44.7 Å². The quantitative estimate of drug-likeness (QED) is 0.762. The Bertz CT molecular complexity index is 281. The van der Waals surface area contributed by atoms with Gasteiger partial charge in [0.1, 0.15) is 0 Å². The lowest BCUT2D eigenvalue weighted by atomic mass is 9.85. The first-order valence-corrected chi connectivity index (χ1v) is 7.74. The highest BCUT2D eigenvalue weighted by Gasteiger charge is 2.41. The molecule has 0 aromatic rings. The highest BCUT2D eigenvalue weighted by atomic mass is 16.5. The lowest BCUT2D eigenvalue weighted by molar-refractivity contribution is 0.0756. The molecule has 4 nitrogen and oxygen atoms in total. The van der Waals surface area contributed by atoms with E-state index in [0.717, 1.165) is 26.0 Å². The molecule has 0 aromatic carbocycles. The molecule has 0 aromatic heterocycles. The zero-order valence-electron chi connectivity index (χ0n) is 12.7. The van der Waals surface area contributed by atoms with Gasteiger partial charge in [-0.3, -0.25) is 0 Å². The number of likely N-dealkylation sites (N-methyl/N-ethyl adjacent to an activating group) is 2. The van der Waals surface area contributed by atoms with Crippen molar-refractivity contribution in [2.24, 2.45) is 5.92 Å². The van der Waals surface area contributed by atoms with Crippen LogP contribution in [0.3, 0.4) is 0 Å². The second-order valence-corrected chi connectivity index (χ2v) is 6.35. The molecule has 1 aliphatic carbocycles. The van der Waals surface area contributed by atoms with Gasteiger partial charge in [-0.15, -0.1) is 0 Å². The fourth-order valence-corrected chi connectivity index (χ4v) is 4.01. The molecule has 0 spiro atoms. The van der Waals surface area contributed by atoms with Crippen LogP contribution in [0.15, 0.2) is 0 Å². The summed E-state index contributed by atoms with van der Waals surface area (Å²) in [5.41, 5.74) is -0.0291. The number of rotatable bonds is 6. The molecule has 2 N–H and O–H groups in total. The average molecular weight is 270 g/mol. The maximum atomic E-state index is 9.71. The standard InChI is InChI=1S/C15H30N2O2/c1-12-14(7-10-19-12)17(3)9-6-13-5-4-8-15(13,11-18)16-2/h12-14,16,18H,4-11H2,1-3H3. The van der Waals surface area contributed by atoms with Crippen LogP contribution in [0.5, 0.6) is 0 Å². The van der Waals surface area contributed by atoms with Gasteiger partial charge in [-0.2, -0.15) is 0 Å². The molecule has 19 heavy (non-hydrogen) atoms. The van der Waals surface area contributed by atoms with Crippen molar-refractivity contribution in [3.8, 4) is 0 Å². The van der Waals surface area contributed by atoms with Gasteiger partial charge in [-0.05, 0) is 59.2 Å². The normalized spacial score (nSPS) is 39.3. The number of aliphatic hydroxyl groups is 1. The molecule has 2 aliphatic rings. The minimum absolute atomic E-state index is 0.0291. The van der Waals surface area contributed by atoms with E-state index < -0.39 is 0 Å². The number of ether oxygens (including phenoxy) is 1.